The average molecular weight is 371 g/mol. The summed E-state index contributed by atoms with van der Waals surface area (Å²) in [5, 5.41) is 6.57. The van der Waals surface area contributed by atoms with Crippen molar-refractivity contribution in [2.45, 2.75) is 26.5 Å². The number of nitrogens with one attached hydrogen (secondary N) is 2. The first-order valence-electron chi connectivity index (χ1n) is 9.11. The Labute approximate surface area is 161 Å². The molecule has 0 radical (unpaired) electrons. The molecule has 0 fully saturated rings. The van der Waals surface area contributed by atoms with Gasteiger partial charge in [-0.2, -0.15) is 0 Å². The van der Waals surface area contributed by atoms with Gasteiger partial charge in [-0.25, -0.2) is 4.99 Å². The Kier molecular flexibility index (Phi) is 8.29. The number of rotatable bonds is 9. The molecule has 2 aromatic rings. The van der Waals surface area contributed by atoms with E-state index in [-0.39, 0.29) is 6.10 Å². The van der Waals surface area contributed by atoms with Crippen LogP contribution in [0.5, 0.6) is 17.2 Å². The smallest absolute Gasteiger partial charge is 0.191 e. The fourth-order valence-corrected chi connectivity index (χ4v) is 2.50. The number of hydrogen-bond acceptors (Lipinski definition) is 4. The normalized spacial score (nSPS) is 12.2. The Balaban J connectivity index is 1.93. The summed E-state index contributed by atoms with van der Waals surface area (Å²) in [5.41, 5.74) is 1.04. The predicted molar refractivity (Wildman–Crippen MR) is 109 cm³/mol. The monoisotopic (exact) mass is 371 g/mol. The zero-order valence-corrected chi connectivity index (χ0v) is 16.5. The van der Waals surface area contributed by atoms with Crippen LogP contribution in [0, 0.1) is 0 Å². The first-order valence-corrected chi connectivity index (χ1v) is 9.11. The maximum Gasteiger partial charge on any atom is 0.191 e. The summed E-state index contributed by atoms with van der Waals surface area (Å²) in [6.07, 6.45) is 0.0114. The topological polar surface area (TPSA) is 64.1 Å². The van der Waals surface area contributed by atoms with E-state index in [1.54, 1.807) is 14.2 Å². The highest BCUT2D eigenvalue weighted by Gasteiger charge is 2.07. The molecule has 2 rings (SSSR count). The standard InChI is InChI=1S/C21H29N3O3/c1-5-22-21(23-14-16(2)27-18-9-7-6-8-10-18)24-15-17-11-12-19(25-3)20(13-17)26-4/h6-13,16H,5,14-15H2,1-4H3,(H2,22,23,24). The second-order valence-electron chi connectivity index (χ2n) is 6.01. The minimum atomic E-state index is 0.0114. The van der Waals surface area contributed by atoms with Crippen molar-refractivity contribution in [2.24, 2.45) is 4.99 Å². The summed E-state index contributed by atoms with van der Waals surface area (Å²) in [6, 6.07) is 15.6. The molecule has 0 bridgehead atoms. The lowest BCUT2D eigenvalue weighted by molar-refractivity contribution is 0.224. The van der Waals surface area contributed by atoms with E-state index in [0.717, 1.165) is 23.8 Å². The fraction of sp³-hybridized carbons (Fsp3) is 0.381. The van der Waals surface area contributed by atoms with Crippen LogP contribution in [-0.2, 0) is 6.54 Å². The molecule has 0 aliphatic heterocycles. The van der Waals surface area contributed by atoms with Crippen LogP contribution in [0.2, 0.25) is 0 Å². The van der Waals surface area contributed by atoms with Crippen molar-refractivity contribution < 1.29 is 14.2 Å². The maximum absolute atomic E-state index is 5.89. The SMILES string of the molecule is CCNC(=NCc1ccc(OC)c(OC)c1)NCC(C)Oc1ccccc1. The van der Waals surface area contributed by atoms with Gasteiger partial charge in [0, 0.05) is 6.54 Å². The number of guanidine groups is 1. The van der Waals surface area contributed by atoms with Gasteiger partial charge in [0.1, 0.15) is 11.9 Å². The number of benzene rings is 2. The Hall–Kier alpha value is -2.89. The van der Waals surface area contributed by atoms with Crippen LogP contribution < -0.4 is 24.8 Å². The molecule has 2 N–H and O–H groups in total. The molecule has 0 saturated heterocycles. The summed E-state index contributed by atoms with van der Waals surface area (Å²) in [6.45, 7) is 6.03. The lowest BCUT2D eigenvalue weighted by Crippen LogP contribution is -2.41. The van der Waals surface area contributed by atoms with E-state index in [2.05, 4.69) is 15.6 Å². The average Bonchev–Trinajstić information content (AvgIpc) is 2.70. The van der Waals surface area contributed by atoms with Crippen molar-refractivity contribution in [2.75, 3.05) is 27.3 Å². The maximum atomic E-state index is 5.89. The van der Waals surface area contributed by atoms with Crippen LogP contribution in [0.25, 0.3) is 0 Å². The number of ether oxygens (including phenoxy) is 3. The van der Waals surface area contributed by atoms with Gasteiger partial charge in [0.15, 0.2) is 17.5 Å². The van der Waals surface area contributed by atoms with E-state index in [0.29, 0.717) is 24.6 Å². The van der Waals surface area contributed by atoms with Gasteiger partial charge in [0.2, 0.25) is 0 Å². The molecule has 1 unspecified atom stereocenters. The molecular weight excluding hydrogens is 342 g/mol. The molecule has 6 heteroatoms. The van der Waals surface area contributed by atoms with Crippen LogP contribution in [0.4, 0.5) is 0 Å². The molecular formula is C21H29N3O3. The molecule has 0 aliphatic rings. The van der Waals surface area contributed by atoms with E-state index >= 15 is 0 Å². The van der Waals surface area contributed by atoms with Crippen LogP contribution in [0.1, 0.15) is 19.4 Å². The predicted octanol–water partition coefficient (Wildman–Crippen LogP) is 3.23. The number of hydrogen-bond donors (Lipinski definition) is 2. The molecule has 27 heavy (non-hydrogen) atoms. The first-order chi connectivity index (χ1) is 13.2. The van der Waals surface area contributed by atoms with Crippen molar-refractivity contribution in [3.63, 3.8) is 0 Å². The van der Waals surface area contributed by atoms with E-state index in [9.17, 15) is 0 Å². The van der Waals surface area contributed by atoms with Gasteiger partial charge < -0.3 is 24.8 Å². The summed E-state index contributed by atoms with van der Waals surface area (Å²) >= 11 is 0. The van der Waals surface area contributed by atoms with Gasteiger partial charge in [-0.05, 0) is 43.7 Å². The quantitative estimate of drug-likeness (QED) is 0.523. The second-order valence-corrected chi connectivity index (χ2v) is 6.01. The van der Waals surface area contributed by atoms with Crippen molar-refractivity contribution >= 4 is 5.96 Å². The van der Waals surface area contributed by atoms with Crippen molar-refractivity contribution in [1.82, 2.24) is 10.6 Å². The second kappa shape index (κ2) is 11.0. The first kappa shape index (κ1) is 20.4. The number of nitrogens with zero attached hydrogens (tertiary/aromatic N) is 1. The molecule has 0 spiro atoms. The van der Waals surface area contributed by atoms with E-state index < -0.39 is 0 Å². The van der Waals surface area contributed by atoms with Gasteiger partial charge in [0.25, 0.3) is 0 Å². The molecule has 0 amide bonds. The third-order valence-corrected chi connectivity index (χ3v) is 3.85. The molecule has 1 atom stereocenters. The van der Waals surface area contributed by atoms with Gasteiger partial charge in [-0.3, -0.25) is 0 Å². The van der Waals surface area contributed by atoms with Crippen LogP contribution in [-0.4, -0.2) is 39.4 Å². The van der Waals surface area contributed by atoms with E-state index in [1.807, 2.05) is 62.4 Å². The summed E-state index contributed by atoms with van der Waals surface area (Å²) in [7, 11) is 3.26. The molecule has 146 valence electrons. The minimum absolute atomic E-state index is 0.0114. The van der Waals surface area contributed by atoms with Crippen molar-refractivity contribution in [3.05, 3.63) is 54.1 Å². The lowest BCUT2D eigenvalue weighted by atomic mass is 10.2. The van der Waals surface area contributed by atoms with E-state index in [1.165, 1.54) is 0 Å². The molecule has 0 aliphatic carbocycles. The zero-order valence-electron chi connectivity index (χ0n) is 16.5. The van der Waals surface area contributed by atoms with Gasteiger partial charge in [0.05, 0.1) is 27.3 Å². The fourth-order valence-electron chi connectivity index (χ4n) is 2.50. The Morgan fingerprint density at radius 1 is 1.00 bits per heavy atom. The zero-order chi connectivity index (χ0) is 19.5. The Morgan fingerprint density at radius 2 is 1.74 bits per heavy atom. The van der Waals surface area contributed by atoms with Crippen LogP contribution in [0.15, 0.2) is 53.5 Å². The molecule has 0 aromatic heterocycles. The molecule has 0 heterocycles. The van der Waals surface area contributed by atoms with Crippen molar-refractivity contribution in [1.29, 1.82) is 0 Å². The molecule has 6 nitrogen and oxygen atoms in total. The lowest BCUT2D eigenvalue weighted by Gasteiger charge is -2.17. The summed E-state index contributed by atoms with van der Waals surface area (Å²) < 4.78 is 16.5. The molecule has 0 saturated carbocycles. The number of aliphatic imine (C=N–C) groups is 1. The third kappa shape index (κ3) is 6.73. The van der Waals surface area contributed by atoms with Crippen LogP contribution >= 0.6 is 0 Å². The highest BCUT2D eigenvalue weighted by Crippen LogP contribution is 2.27. The summed E-state index contributed by atoms with van der Waals surface area (Å²) in [4.78, 5) is 4.64. The van der Waals surface area contributed by atoms with E-state index in [4.69, 9.17) is 14.2 Å². The van der Waals surface area contributed by atoms with Gasteiger partial charge in [-0.1, -0.05) is 24.3 Å². The summed E-state index contributed by atoms with van der Waals surface area (Å²) in [5.74, 6) is 3.02. The third-order valence-electron chi connectivity index (χ3n) is 3.85. The largest absolute Gasteiger partial charge is 0.493 e. The Bertz CT molecular complexity index is 720. The van der Waals surface area contributed by atoms with Crippen LogP contribution in [0.3, 0.4) is 0 Å². The Morgan fingerprint density at radius 3 is 2.41 bits per heavy atom. The van der Waals surface area contributed by atoms with Gasteiger partial charge >= 0.3 is 0 Å². The minimum Gasteiger partial charge on any atom is -0.493 e. The van der Waals surface area contributed by atoms with Gasteiger partial charge in [-0.15, -0.1) is 0 Å². The molecule has 2 aromatic carbocycles. The van der Waals surface area contributed by atoms with Crippen molar-refractivity contribution in [3.8, 4) is 17.2 Å². The highest BCUT2D eigenvalue weighted by atomic mass is 16.5. The highest BCUT2D eigenvalue weighted by molar-refractivity contribution is 5.79. The number of methoxy groups -OCH3 is 2. The number of para-hydroxylation sites is 1.